The Balaban J connectivity index is 2.66. The van der Waals surface area contributed by atoms with Gasteiger partial charge in [-0.25, -0.2) is 0 Å². The van der Waals surface area contributed by atoms with Gasteiger partial charge in [0.2, 0.25) is 0 Å². The molecule has 0 saturated heterocycles. The number of benzene rings is 1. The van der Waals surface area contributed by atoms with Crippen molar-refractivity contribution >= 4 is 12.6 Å². The zero-order valence-corrected chi connectivity index (χ0v) is 8.61. The van der Waals surface area contributed by atoms with Gasteiger partial charge in [-0.15, -0.1) is 13.2 Å². The molecule has 0 unspecified atom stereocenters. The molecule has 0 aliphatic rings. The summed E-state index contributed by atoms with van der Waals surface area (Å²) >= 11 is 3.92. The lowest BCUT2D eigenvalue weighted by atomic mass is 10.2. The molecule has 1 N–H and O–H groups in total. The third-order valence-corrected chi connectivity index (χ3v) is 1.80. The van der Waals surface area contributed by atoms with Crippen molar-refractivity contribution in [3.8, 4) is 5.75 Å². The minimum atomic E-state index is -4.64. The van der Waals surface area contributed by atoms with Gasteiger partial charge in [-0.05, 0) is 17.7 Å². The molecular weight excluding hydrogens is 227 g/mol. The molecule has 6 heteroatoms. The summed E-state index contributed by atoms with van der Waals surface area (Å²) in [6.45, 7) is 0.457. The average Bonchev–Trinajstić information content (AvgIpc) is 2.12. The predicted octanol–water partition coefficient (Wildman–Crippen LogP) is 2.56. The summed E-state index contributed by atoms with van der Waals surface area (Å²) in [6.07, 6.45) is -4.64. The van der Waals surface area contributed by atoms with Gasteiger partial charge in [0.25, 0.3) is 0 Å². The van der Waals surface area contributed by atoms with Crippen molar-refractivity contribution in [3.05, 3.63) is 29.8 Å². The summed E-state index contributed by atoms with van der Waals surface area (Å²) in [5, 5.41) is 2.88. The van der Waals surface area contributed by atoms with Crippen molar-refractivity contribution in [3.63, 3.8) is 0 Å². The molecular formula is C9H10F3NOS. The van der Waals surface area contributed by atoms with E-state index in [1.165, 1.54) is 18.2 Å². The molecule has 0 spiro atoms. The van der Waals surface area contributed by atoms with Crippen molar-refractivity contribution in [2.75, 3.05) is 5.88 Å². The van der Waals surface area contributed by atoms with E-state index in [2.05, 4.69) is 22.7 Å². The Morgan fingerprint density at radius 3 is 2.67 bits per heavy atom. The summed E-state index contributed by atoms with van der Waals surface area (Å²) in [5.41, 5.74) is 0.714. The molecule has 0 saturated carbocycles. The molecule has 1 aromatic carbocycles. The topological polar surface area (TPSA) is 21.3 Å². The summed E-state index contributed by atoms with van der Waals surface area (Å²) < 4.78 is 39.4. The standard InChI is InChI=1S/C9H10F3NOS/c10-9(11,12)14-8-3-1-2-7(4-8)5-13-6-15/h1-4,13,15H,5-6H2. The number of ether oxygens (including phenoxy) is 1. The van der Waals surface area contributed by atoms with Gasteiger partial charge >= 0.3 is 6.36 Å². The molecule has 2 nitrogen and oxygen atoms in total. The predicted molar refractivity (Wildman–Crippen MR) is 53.8 cm³/mol. The van der Waals surface area contributed by atoms with Crippen molar-refractivity contribution in [1.82, 2.24) is 5.32 Å². The Kier molecular flexibility index (Phi) is 4.28. The maximum atomic E-state index is 11.9. The zero-order chi connectivity index (χ0) is 11.3. The highest BCUT2D eigenvalue weighted by Gasteiger charge is 2.30. The lowest BCUT2D eigenvalue weighted by Gasteiger charge is -2.09. The molecule has 1 rings (SSSR count). The highest BCUT2D eigenvalue weighted by atomic mass is 32.1. The van der Waals surface area contributed by atoms with Gasteiger partial charge < -0.3 is 10.1 Å². The third-order valence-electron chi connectivity index (χ3n) is 1.57. The van der Waals surface area contributed by atoms with Crippen LogP contribution in [0.2, 0.25) is 0 Å². The number of thiol groups is 1. The summed E-state index contributed by atoms with van der Waals surface area (Å²) in [6, 6.07) is 5.82. The SMILES string of the molecule is FC(F)(F)Oc1cccc(CNCS)c1. The molecule has 0 aliphatic carbocycles. The minimum absolute atomic E-state index is 0.207. The molecule has 0 heterocycles. The highest BCUT2D eigenvalue weighted by Crippen LogP contribution is 2.23. The fourth-order valence-electron chi connectivity index (χ4n) is 1.05. The second-order valence-corrected chi connectivity index (χ2v) is 3.10. The van der Waals surface area contributed by atoms with Crippen LogP contribution in [0.5, 0.6) is 5.75 Å². The maximum absolute atomic E-state index is 11.9. The molecule has 0 aliphatic heterocycles. The maximum Gasteiger partial charge on any atom is 0.573 e. The van der Waals surface area contributed by atoms with Gasteiger partial charge in [0.05, 0.1) is 0 Å². The van der Waals surface area contributed by atoms with Crippen LogP contribution in [0, 0.1) is 0 Å². The number of hydrogen-bond donors (Lipinski definition) is 2. The van der Waals surface area contributed by atoms with E-state index in [-0.39, 0.29) is 5.75 Å². The third kappa shape index (κ3) is 4.94. The smallest absolute Gasteiger partial charge is 0.406 e. The van der Waals surface area contributed by atoms with Crippen LogP contribution in [-0.2, 0) is 6.54 Å². The first-order valence-corrected chi connectivity index (χ1v) is 4.81. The second kappa shape index (κ2) is 5.27. The summed E-state index contributed by atoms with van der Waals surface area (Å²) in [4.78, 5) is 0. The first-order valence-electron chi connectivity index (χ1n) is 4.17. The van der Waals surface area contributed by atoms with Crippen LogP contribution >= 0.6 is 12.6 Å². The molecule has 0 aromatic heterocycles. The van der Waals surface area contributed by atoms with E-state index in [1.807, 2.05) is 0 Å². The van der Waals surface area contributed by atoms with E-state index in [4.69, 9.17) is 0 Å². The average molecular weight is 237 g/mol. The highest BCUT2D eigenvalue weighted by molar-refractivity contribution is 7.80. The molecule has 0 radical (unpaired) electrons. The van der Waals surface area contributed by atoms with Crippen LogP contribution in [-0.4, -0.2) is 12.2 Å². The summed E-state index contributed by atoms with van der Waals surface area (Å²) in [7, 11) is 0. The lowest BCUT2D eigenvalue weighted by Crippen LogP contribution is -2.17. The van der Waals surface area contributed by atoms with Crippen LogP contribution in [0.25, 0.3) is 0 Å². The van der Waals surface area contributed by atoms with E-state index in [9.17, 15) is 13.2 Å². The van der Waals surface area contributed by atoms with Gasteiger partial charge in [-0.3, -0.25) is 0 Å². The quantitative estimate of drug-likeness (QED) is 0.620. The first-order chi connectivity index (χ1) is 7.01. The van der Waals surface area contributed by atoms with Crippen LogP contribution in [0.15, 0.2) is 24.3 Å². The van der Waals surface area contributed by atoms with Gasteiger partial charge in [0.15, 0.2) is 0 Å². The van der Waals surface area contributed by atoms with E-state index >= 15 is 0 Å². The Morgan fingerprint density at radius 2 is 2.07 bits per heavy atom. The van der Waals surface area contributed by atoms with Crippen LogP contribution in [0.4, 0.5) is 13.2 Å². The fourth-order valence-corrected chi connectivity index (χ4v) is 1.16. The van der Waals surface area contributed by atoms with E-state index < -0.39 is 6.36 Å². The van der Waals surface area contributed by atoms with E-state index in [0.717, 1.165) is 0 Å². The Morgan fingerprint density at radius 1 is 1.33 bits per heavy atom. The number of alkyl halides is 3. The zero-order valence-electron chi connectivity index (χ0n) is 7.71. The van der Waals surface area contributed by atoms with Crippen LogP contribution in [0.3, 0.4) is 0 Å². The molecule has 15 heavy (non-hydrogen) atoms. The minimum Gasteiger partial charge on any atom is -0.406 e. The van der Waals surface area contributed by atoms with Gasteiger partial charge in [0.1, 0.15) is 5.75 Å². The first kappa shape index (κ1) is 12.2. The van der Waals surface area contributed by atoms with Crippen molar-refractivity contribution in [2.24, 2.45) is 0 Å². The van der Waals surface area contributed by atoms with Gasteiger partial charge in [0, 0.05) is 12.4 Å². The van der Waals surface area contributed by atoms with Crippen LogP contribution in [0.1, 0.15) is 5.56 Å². The van der Waals surface area contributed by atoms with Gasteiger partial charge in [-0.1, -0.05) is 12.1 Å². The van der Waals surface area contributed by atoms with Crippen molar-refractivity contribution in [2.45, 2.75) is 12.9 Å². The summed E-state index contributed by atoms with van der Waals surface area (Å²) in [5.74, 6) is 0.255. The Labute approximate surface area is 90.8 Å². The largest absolute Gasteiger partial charge is 0.573 e. The number of hydrogen-bond acceptors (Lipinski definition) is 3. The Bertz CT molecular complexity index is 316. The van der Waals surface area contributed by atoms with Crippen molar-refractivity contribution in [1.29, 1.82) is 0 Å². The van der Waals surface area contributed by atoms with E-state index in [0.29, 0.717) is 18.0 Å². The molecule has 1 aromatic rings. The normalized spacial score (nSPS) is 11.5. The van der Waals surface area contributed by atoms with Crippen molar-refractivity contribution < 1.29 is 17.9 Å². The number of nitrogens with one attached hydrogen (secondary N) is 1. The second-order valence-electron chi connectivity index (χ2n) is 2.78. The molecule has 0 atom stereocenters. The molecule has 0 bridgehead atoms. The van der Waals surface area contributed by atoms with E-state index in [1.54, 1.807) is 6.07 Å². The molecule has 0 amide bonds. The molecule has 84 valence electrons. The molecule has 0 fully saturated rings. The van der Waals surface area contributed by atoms with Gasteiger partial charge in [-0.2, -0.15) is 12.6 Å². The van der Waals surface area contributed by atoms with Crippen LogP contribution < -0.4 is 10.1 Å². The fraction of sp³-hybridized carbons (Fsp3) is 0.333. The number of rotatable bonds is 4. The lowest BCUT2D eigenvalue weighted by molar-refractivity contribution is -0.274. The number of halogens is 3. The monoisotopic (exact) mass is 237 g/mol. The Hall–Kier alpha value is -0.880.